The van der Waals surface area contributed by atoms with Crippen molar-refractivity contribution in [1.29, 1.82) is 0 Å². The molecule has 0 saturated heterocycles. The maximum absolute atomic E-state index is 9.08. The number of thioether (sulfide) groups is 1. The predicted octanol–water partition coefficient (Wildman–Crippen LogP) is 2.42. The van der Waals surface area contributed by atoms with Gasteiger partial charge in [0.05, 0.1) is 0 Å². The number of hydrogen-bond donors (Lipinski definition) is 2. The molecular weight excluding hydrogens is 246 g/mol. The summed E-state index contributed by atoms with van der Waals surface area (Å²) in [6.07, 6.45) is 2.42. The highest BCUT2D eigenvalue weighted by Crippen LogP contribution is 2.40. The Morgan fingerprint density at radius 1 is 1.44 bits per heavy atom. The lowest BCUT2D eigenvalue weighted by atomic mass is 10.2. The summed E-state index contributed by atoms with van der Waals surface area (Å²) in [5.74, 6) is 3.66. The van der Waals surface area contributed by atoms with E-state index < -0.39 is 0 Å². The van der Waals surface area contributed by atoms with Crippen molar-refractivity contribution >= 4 is 17.6 Å². The van der Waals surface area contributed by atoms with Crippen LogP contribution in [-0.2, 0) is 0 Å². The lowest BCUT2D eigenvalue weighted by molar-refractivity contribution is 0.250. The number of rotatable bonds is 6. The van der Waals surface area contributed by atoms with Crippen molar-refractivity contribution in [2.45, 2.75) is 37.6 Å². The Labute approximate surface area is 113 Å². The minimum atomic E-state index is 0.228. The van der Waals surface area contributed by atoms with E-state index in [1.54, 1.807) is 11.8 Å². The predicted molar refractivity (Wildman–Crippen MR) is 75.3 cm³/mol. The van der Waals surface area contributed by atoms with Crippen LogP contribution in [0.15, 0.2) is 5.03 Å². The van der Waals surface area contributed by atoms with Crippen molar-refractivity contribution in [2.24, 2.45) is 5.92 Å². The van der Waals surface area contributed by atoms with Gasteiger partial charge in [-0.2, -0.15) is 0 Å². The summed E-state index contributed by atoms with van der Waals surface area (Å²) in [6, 6.07) is 0. The topological polar surface area (TPSA) is 58.0 Å². The Morgan fingerprint density at radius 2 is 2.17 bits per heavy atom. The molecule has 0 spiro atoms. The molecule has 1 aliphatic rings. The van der Waals surface area contributed by atoms with Gasteiger partial charge in [0.1, 0.15) is 16.7 Å². The summed E-state index contributed by atoms with van der Waals surface area (Å²) >= 11 is 1.72. The summed E-state index contributed by atoms with van der Waals surface area (Å²) < 4.78 is 0. The van der Waals surface area contributed by atoms with Gasteiger partial charge in [-0.25, -0.2) is 9.97 Å². The normalized spacial score (nSPS) is 16.7. The molecule has 100 valence electrons. The minimum absolute atomic E-state index is 0.228. The Morgan fingerprint density at radius 3 is 2.72 bits per heavy atom. The molecule has 1 atom stereocenters. The molecule has 0 radical (unpaired) electrons. The number of nitrogens with zero attached hydrogens (tertiary/aromatic N) is 2. The van der Waals surface area contributed by atoms with Gasteiger partial charge in [0.2, 0.25) is 0 Å². The number of anilines is 1. The molecule has 2 N–H and O–H groups in total. The molecule has 0 aromatic carbocycles. The van der Waals surface area contributed by atoms with E-state index in [2.05, 4.69) is 22.2 Å². The molecule has 0 amide bonds. The Hall–Kier alpha value is -0.810. The lowest BCUT2D eigenvalue weighted by Crippen LogP contribution is -2.07. The van der Waals surface area contributed by atoms with Gasteiger partial charge in [-0.15, -0.1) is 11.8 Å². The average Bonchev–Trinajstić information content (AvgIpc) is 3.21. The Bertz CT molecular complexity index is 421. The van der Waals surface area contributed by atoms with Crippen LogP contribution >= 0.6 is 11.8 Å². The van der Waals surface area contributed by atoms with Crippen molar-refractivity contribution in [1.82, 2.24) is 9.97 Å². The van der Waals surface area contributed by atoms with Crippen molar-refractivity contribution < 1.29 is 5.11 Å². The van der Waals surface area contributed by atoms with E-state index in [4.69, 9.17) is 5.11 Å². The van der Waals surface area contributed by atoms with E-state index in [1.807, 2.05) is 14.0 Å². The number of hydrogen-bond acceptors (Lipinski definition) is 5. The Balaban J connectivity index is 2.18. The molecular formula is C13H21N3OS. The molecule has 1 saturated carbocycles. The quantitative estimate of drug-likeness (QED) is 0.612. The van der Waals surface area contributed by atoms with Gasteiger partial charge in [-0.05, 0) is 25.7 Å². The van der Waals surface area contributed by atoms with Crippen LogP contribution in [0.2, 0.25) is 0 Å². The fourth-order valence-electron chi connectivity index (χ4n) is 1.69. The van der Waals surface area contributed by atoms with E-state index in [0.29, 0.717) is 11.8 Å². The standard InChI is InChI=1S/C13H21N3OS/c1-8(6-17)7-18-13-9(2)11(14-3)15-12(16-13)10-4-5-10/h8,10,17H,4-7H2,1-3H3,(H,14,15,16). The summed E-state index contributed by atoms with van der Waals surface area (Å²) in [6.45, 7) is 4.32. The highest BCUT2D eigenvalue weighted by atomic mass is 32.2. The zero-order chi connectivity index (χ0) is 13.1. The summed E-state index contributed by atoms with van der Waals surface area (Å²) in [5.41, 5.74) is 1.11. The first-order valence-corrected chi connectivity index (χ1v) is 7.44. The Kier molecular flexibility index (Phi) is 4.45. The molecule has 1 unspecified atom stereocenters. The van der Waals surface area contributed by atoms with Crippen LogP contribution in [-0.4, -0.2) is 34.5 Å². The van der Waals surface area contributed by atoms with Crippen LogP contribution in [0.4, 0.5) is 5.82 Å². The third-order valence-corrected chi connectivity index (χ3v) is 4.52. The van der Waals surface area contributed by atoms with Crippen LogP contribution in [0.1, 0.15) is 37.1 Å². The second-order valence-electron chi connectivity index (χ2n) is 4.98. The van der Waals surface area contributed by atoms with E-state index >= 15 is 0 Å². The summed E-state index contributed by atoms with van der Waals surface area (Å²) in [7, 11) is 1.90. The molecule has 1 aromatic heterocycles. The summed E-state index contributed by atoms with van der Waals surface area (Å²) in [5, 5.41) is 13.3. The van der Waals surface area contributed by atoms with Gasteiger partial charge in [-0.3, -0.25) is 0 Å². The average molecular weight is 267 g/mol. The van der Waals surface area contributed by atoms with Crippen molar-refractivity contribution in [2.75, 3.05) is 24.7 Å². The second kappa shape index (κ2) is 5.89. The highest BCUT2D eigenvalue weighted by molar-refractivity contribution is 7.99. The molecule has 0 aliphatic heterocycles. The first kappa shape index (κ1) is 13.6. The second-order valence-corrected chi connectivity index (χ2v) is 5.99. The highest BCUT2D eigenvalue weighted by Gasteiger charge is 2.28. The maximum Gasteiger partial charge on any atom is 0.135 e. The molecule has 1 aromatic rings. The van der Waals surface area contributed by atoms with Crippen LogP contribution in [0, 0.1) is 12.8 Å². The number of aromatic nitrogens is 2. The summed E-state index contributed by atoms with van der Waals surface area (Å²) in [4.78, 5) is 9.26. The number of nitrogens with one attached hydrogen (secondary N) is 1. The van der Waals surface area contributed by atoms with Gasteiger partial charge in [0, 0.05) is 30.9 Å². The zero-order valence-electron chi connectivity index (χ0n) is 11.2. The van der Waals surface area contributed by atoms with Gasteiger partial charge in [-0.1, -0.05) is 6.92 Å². The third kappa shape index (κ3) is 3.14. The minimum Gasteiger partial charge on any atom is -0.396 e. The maximum atomic E-state index is 9.08. The first-order valence-electron chi connectivity index (χ1n) is 6.45. The van der Waals surface area contributed by atoms with Crippen LogP contribution in [0.25, 0.3) is 0 Å². The molecule has 4 nitrogen and oxygen atoms in total. The van der Waals surface area contributed by atoms with Gasteiger partial charge in [0.25, 0.3) is 0 Å². The van der Waals surface area contributed by atoms with E-state index in [9.17, 15) is 0 Å². The third-order valence-electron chi connectivity index (χ3n) is 3.11. The van der Waals surface area contributed by atoms with Crippen LogP contribution in [0.3, 0.4) is 0 Å². The first-order chi connectivity index (χ1) is 8.65. The molecule has 0 bridgehead atoms. The molecule has 5 heteroatoms. The van der Waals surface area contributed by atoms with Crippen molar-refractivity contribution in [3.05, 3.63) is 11.4 Å². The largest absolute Gasteiger partial charge is 0.396 e. The van der Waals surface area contributed by atoms with Crippen molar-refractivity contribution in [3.63, 3.8) is 0 Å². The lowest BCUT2D eigenvalue weighted by Gasteiger charge is -2.13. The van der Waals surface area contributed by atoms with Crippen molar-refractivity contribution in [3.8, 4) is 0 Å². The van der Waals surface area contributed by atoms with E-state index in [1.165, 1.54) is 12.8 Å². The van der Waals surface area contributed by atoms with Gasteiger partial charge < -0.3 is 10.4 Å². The zero-order valence-corrected chi connectivity index (χ0v) is 12.0. The molecule has 18 heavy (non-hydrogen) atoms. The SMILES string of the molecule is CNc1nc(C2CC2)nc(SCC(C)CO)c1C. The molecule has 1 fully saturated rings. The fraction of sp³-hybridized carbons (Fsp3) is 0.692. The van der Waals surface area contributed by atoms with E-state index in [-0.39, 0.29) is 6.61 Å². The van der Waals surface area contributed by atoms with E-state index in [0.717, 1.165) is 28.0 Å². The van der Waals surface area contributed by atoms with Gasteiger partial charge in [0.15, 0.2) is 0 Å². The molecule has 2 rings (SSSR count). The number of aliphatic hydroxyl groups is 1. The van der Waals surface area contributed by atoms with Crippen LogP contribution in [0.5, 0.6) is 0 Å². The number of aliphatic hydroxyl groups excluding tert-OH is 1. The molecule has 1 heterocycles. The monoisotopic (exact) mass is 267 g/mol. The molecule has 1 aliphatic carbocycles. The van der Waals surface area contributed by atoms with Crippen LogP contribution < -0.4 is 5.32 Å². The van der Waals surface area contributed by atoms with Gasteiger partial charge >= 0.3 is 0 Å². The fourth-order valence-corrected chi connectivity index (χ4v) is 2.71. The smallest absolute Gasteiger partial charge is 0.135 e.